The zero-order chi connectivity index (χ0) is 31.8. The van der Waals surface area contributed by atoms with E-state index in [1.807, 2.05) is 59.2 Å². The molecule has 232 valence electrons. The van der Waals surface area contributed by atoms with Gasteiger partial charge in [-0.05, 0) is 40.4 Å². The molecule has 1 aliphatic heterocycles. The summed E-state index contributed by atoms with van der Waals surface area (Å²) in [6.07, 6.45) is 1.64. The standard InChI is InChI=1S/C36H41N5O3Si/c1-25-29(22-42-36(26-16-10-7-11-17-26,27-18-12-8-13-19-27)28-20-14-9-15-21-28)43-34(31(25)44-45(5,6)35(2,3)4)41-24-40-30-32(37)38-23-39-33(30)41/h7-21,23-24,29,31,34H,1,22H2,2-6H3,(H2,37,38,39)/t29-,31-,34-/m1/s1. The Morgan fingerprint density at radius 1 is 0.844 bits per heavy atom. The molecule has 1 fully saturated rings. The van der Waals surface area contributed by atoms with Gasteiger partial charge in [-0.3, -0.25) is 4.57 Å². The molecular formula is C36H41N5O3Si. The van der Waals surface area contributed by atoms with Gasteiger partial charge in [0, 0.05) is 0 Å². The molecule has 1 saturated heterocycles. The number of ether oxygens (including phenoxy) is 2. The number of benzene rings is 3. The smallest absolute Gasteiger partial charge is 0.193 e. The molecule has 0 aliphatic carbocycles. The van der Waals surface area contributed by atoms with Gasteiger partial charge in [0.1, 0.15) is 29.7 Å². The molecule has 3 aromatic carbocycles. The molecule has 45 heavy (non-hydrogen) atoms. The van der Waals surface area contributed by atoms with E-state index in [0.717, 1.165) is 22.3 Å². The van der Waals surface area contributed by atoms with Crippen LogP contribution in [0, 0.1) is 0 Å². The van der Waals surface area contributed by atoms with Gasteiger partial charge >= 0.3 is 0 Å². The van der Waals surface area contributed by atoms with E-state index in [0.29, 0.717) is 17.0 Å². The largest absolute Gasteiger partial charge is 0.406 e. The first-order chi connectivity index (χ1) is 21.5. The van der Waals surface area contributed by atoms with E-state index in [1.54, 1.807) is 6.33 Å². The highest BCUT2D eigenvalue weighted by Gasteiger charge is 2.49. The second-order valence-electron chi connectivity index (χ2n) is 13.1. The third-order valence-corrected chi connectivity index (χ3v) is 13.7. The summed E-state index contributed by atoms with van der Waals surface area (Å²) in [5.41, 5.74) is 10.2. The molecule has 8 nitrogen and oxygen atoms in total. The third kappa shape index (κ3) is 5.61. The summed E-state index contributed by atoms with van der Waals surface area (Å²) in [6.45, 7) is 15.9. The van der Waals surface area contributed by atoms with E-state index >= 15 is 0 Å². The number of hydrogen-bond acceptors (Lipinski definition) is 7. The molecule has 0 unspecified atom stereocenters. The SMILES string of the molecule is C=C1[C@@H](O[Si](C)(C)C(C)(C)C)[C@H](n2cnc3c(N)ncnc32)O[C@@H]1COC(c1ccccc1)(c1ccccc1)c1ccccc1. The Morgan fingerprint density at radius 3 is 1.89 bits per heavy atom. The van der Waals surface area contributed by atoms with Crippen molar-refractivity contribution < 1.29 is 13.9 Å². The fourth-order valence-electron chi connectivity index (χ4n) is 5.70. The molecule has 0 saturated carbocycles. The number of fused-ring (bicyclic) bond motifs is 1. The zero-order valence-corrected chi connectivity index (χ0v) is 27.6. The quantitative estimate of drug-likeness (QED) is 0.105. The van der Waals surface area contributed by atoms with E-state index in [4.69, 9.17) is 19.6 Å². The van der Waals surface area contributed by atoms with E-state index in [9.17, 15) is 0 Å². The van der Waals surface area contributed by atoms with Crippen LogP contribution in [0.1, 0.15) is 43.7 Å². The van der Waals surface area contributed by atoms with E-state index in [2.05, 4.69) is 91.8 Å². The van der Waals surface area contributed by atoms with E-state index < -0.39 is 32.4 Å². The van der Waals surface area contributed by atoms with Crippen molar-refractivity contribution in [3.8, 4) is 0 Å². The number of imidazole rings is 1. The average molecular weight is 620 g/mol. The first-order valence-corrected chi connectivity index (χ1v) is 18.2. The molecule has 5 aromatic rings. The van der Waals surface area contributed by atoms with Gasteiger partial charge < -0.3 is 19.6 Å². The lowest BCUT2D eigenvalue weighted by Crippen LogP contribution is -2.45. The first kappa shape index (κ1) is 30.9. The highest BCUT2D eigenvalue weighted by molar-refractivity contribution is 6.74. The maximum Gasteiger partial charge on any atom is 0.193 e. The molecule has 3 heterocycles. The molecule has 0 bridgehead atoms. The maximum atomic E-state index is 7.16. The Bertz CT molecular complexity index is 1670. The van der Waals surface area contributed by atoms with Gasteiger partial charge in [0.25, 0.3) is 0 Å². The van der Waals surface area contributed by atoms with Crippen LogP contribution in [0.2, 0.25) is 18.1 Å². The van der Waals surface area contributed by atoms with Crippen LogP contribution < -0.4 is 5.73 Å². The van der Waals surface area contributed by atoms with Crippen LogP contribution in [-0.4, -0.2) is 46.7 Å². The van der Waals surface area contributed by atoms with Crippen LogP contribution in [0.5, 0.6) is 0 Å². The average Bonchev–Trinajstić information content (AvgIpc) is 3.60. The number of anilines is 1. The van der Waals surface area contributed by atoms with Crippen LogP contribution in [0.4, 0.5) is 5.82 Å². The summed E-state index contributed by atoms with van der Waals surface area (Å²) in [6, 6.07) is 31.0. The topological polar surface area (TPSA) is 97.3 Å². The van der Waals surface area contributed by atoms with Crippen molar-refractivity contribution in [3.63, 3.8) is 0 Å². The van der Waals surface area contributed by atoms with Gasteiger partial charge in [-0.1, -0.05) is 118 Å². The number of rotatable bonds is 9. The van der Waals surface area contributed by atoms with Crippen LogP contribution in [0.3, 0.4) is 0 Å². The zero-order valence-electron chi connectivity index (χ0n) is 26.6. The van der Waals surface area contributed by atoms with Crippen molar-refractivity contribution in [1.29, 1.82) is 0 Å². The summed E-state index contributed by atoms with van der Waals surface area (Å²) in [5.74, 6) is 0.315. The van der Waals surface area contributed by atoms with Crippen LogP contribution in [0.15, 0.2) is 116 Å². The number of nitrogens with two attached hydrogens (primary N) is 1. The minimum Gasteiger partial charge on any atom is -0.406 e. The number of nitrogen functional groups attached to an aromatic ring is 1. The van der Waals surface area contributed by atoms with Gasteiger partial charge in [0.2, 0.25) is 0 Å². The minimum atomic E-state index is -2.26. The van der Waals surface area contributed by atoms with Gasteiger partial charge in [-0.2, -0.15) is 0 Å². The lowest BCUT2D eigenvalue weighted by molar-refractivity contribution is -0.0818. The normalized spacial score (nSPS) is 19.3. The van der Waals surface area contributed by atoms with Crippen molar-refractivity contribution in [2.45, 2.75) is 62.9 Å². The molecular weight excluding hydrogens is 579 g/mol. The van der Waals surface area contributed by atoms with Crippen LogP contribution in [-0.2, 0) is 19.5 Å². The summed E-state index contributed by atoms with van der Waals surface area (Å²) in [5, 5.41) is -0.0287. The Balaban J connectivity index is 1.41. The summed E-state index contributed by atoms with van der Waals surface area (Å²) < 4.78 is 22.9. The summed E-state index contributed by atoms with van der Waals surface area (Å²) in [7, 11) is -2.26. The predicted molar refractivity (Wildman–Crippen MR) is 180 cm³/mol. The molecule has 2 aromatic heterocycles. The van der Waals surface area contributed by atoms with Gasteiger partial charge in [0.05, 0.1) is 12.9 Å². The molecule has 0 amide bonds. The van der Waals surface area contributed by atoms with Crippen molar-refractivity contribution in [1.82, 2.24) is 19.5 Å². The highest BCUT2D eigenvalue weighted by Crippen LogP contribution is 2.46. The monoisotopic (exact) mass is 619 g/mol. The Kier molecular flexibility index (Phi) is 8.21. The van der Waals surface area contributed by atoms with Crippen molar-refractivity contribution in [2.75, 3.05) is 12.3 Å². The Morgan fingerprint density at radius 2 is 1.38 bits per heavy atom. The number of aromatic nitrogens is 4. The van der Waals surface area contributed by atoms with Gasteiger partial charge in [0.15, 0.2) is 26.0 Å². The summed E-state index contributed by atoms with van der Waals surface area (Å²) in [4.78, 5) is 13.1. The predicted octanol–water partition coefficient (Wildman–Crippen LogP) is 7.26. The van der Waals surface area contributed by atoms with Crippen molar-refractivity contribution in [2.24, 2.45) is 0 Å². The molecule has 2 N–H and O–H groups in total. The highest BCUT2D eigenvalue weighted by atomic mass is 28.4. The molecule has 1 aliphatic rings. The number of nitrogens with zero attached hydrogens (tertiary/aromatic N) is 4. The lowest BCUT2D eigenvalue weighted by Gasteiger charge is -2.39. The Hall–Kier alpha value is -4.15. The first-order valence-electron chi connectivity index (χ1n) is 15.3. The fourth-order valence-corrected chi connectivity index (χ4v) is 6.96. The van der Waals surface area contributed by atoms with Crippen LogP contribution in [0.25, 0.3) is 11.2 Å². The maximum absolute atomic E-state index is 7.16. The number of hydrogen-bond donors (Lipinski definition) is 1. The lowest BCUT2D eigenvalue weighted by atomic mass is 9.80. The van der Waals surface area contributed by atoms with Crippen molar-refractivity contribution in [3.05, 3.63) is 132 Å². The molecule has 6 rings (SSSR count). The Labute approximate surface area is 266 Å². The fraction of sp³-hybridized carbons (Fsp3) is 0.306. The van der Waals surface area contributed by atoms with Gasteiger partial charge in [-0.25, -0.2) is 15.0 Å². The molecule has 3 atom stereocenters. The molecule has 9 heteroatoms. The van der Waals surface area contributed by atoms with Crippen molar-refractivity contribution >= 4 is 25.3 Å². The van der Waals surface area contributed by atoms with Crippen LogP contribution >= 0.6 is 0 Å². The summed E-state index contributed by atoms with van der Waals surface area (Å²) >= 11 is 0. The third-order valence-electron chi connectivity index (χ3n) is 9.22. The van der Waals surface area contributed by atoms with E-state index in [-0.39, 0.29) is 11.6 Å². The second kappa shape index (κ2) is 12.0. The second-order valence-corrected chi connectivity index (χ2v) is 17.8. The van der Waals surface area contributed by atoms with Gasteiger partial charge in [-0.15, -0.1) is 0 Å². The molecule has 0 spiro atoms. The molecule has 0 radical (unpaired) electrons. The minimum absolute atomic E-state index is 0.0287. The van der Waals surface area contributed by atoms with E-state index in [1.165, 1.54) is 6.33 Å².